The molecule has 0 spiro atoms. The summed E-state index contributed by atoms with van der Waals surface area (Å²) in [4.78, 5) is 2.73. The average molecular weight is 288 g/mol. The molecule has 2 rings (SSSR count). The summed E-state index contributed by atoms with van der Waals surface area (Å²) in [5.74, 6) is 0.804. The molecule has 0 amide bonds. The Bertz CT molecular complexity index is 408. The van der Waals surface area contributed by atoms with Gasteiger partial charge in [0.25, 0.3) is 0 Å². The second kappa shape index (κ2) is 8.43. The first-order valence-corrected chi connectivity index (χ1v) is 8.70. The normalized spacial score (nSPS) is 16.0. The Kier molecular flexibility index (Phi) is 6.56. The number of hydrogen-bond donors (Lipinski definition) is 1. The number of anilines is 1. The fourth-order valence-corrected chi connectivity index (χ4v) is 3.27. The Morgan fingerprint density at radius 3 is 2.62 bits per heavy atom. The van der Waals surface area contributed by atoms with Crippen molar-refractivity contribution in [3.05, 3.63) is 29.8 Å². The molecule has 0 saturated heterocycles. The number of nitrogens with zero attached hydrogens (tertiary/aromatic N) is 1. The lowest BCUT2D eigenvalue weighted by molar-refractivity contribution is 0.195. The molecule has 2 nitrogen and oxygen atoms in total. The fraction of sp³-hybridized carbons (Fsp3) is 0.684. The lowest BCUT2D eigenvalue weighted by Crippen LogP contribution is -2.38. The molecule has 0 unspecified atom stereocenters. The van der Waals surface area contributed by atoms with Crippen LogP contribution >= 0.6 is 0 Å². The molecule has 0 atom stereocenters. The molecule has 0 aliphatic heterocycles. The van der Waals surface area contributed by atoms with E-state index < -0.39 is 0 Å². The number of aryl methyl sites for hydroxylation is 1. The van der Waals surface area contributed by atoms with E-state index in [1.54, 1.807) is 0 Å². The Hall–Kier alpha value is -1.02. The molecule has 1 aromatic carbocycles. The highest BCUT2D eigenvalue weighted by molar-refractivity contribution is 5.45. The molecule has 2 heteroatoms. The molecule has 0 bridgehead atoms. The van der Waals surface area contributed by atoms with Gasteiger partial charge in [0.1, 0.15) is 0 Å². The highest BCUT2D eigenvalue weighted by Gasteiger charge is 2.21. The van der Waals surface area contributed by atoms with Crippen LogP contribution in [0.3, 0.4) is 0 Å². The van der Waals surface area contributed by atoms with Gasteiger partial charge in [-0.05, 0) is 56.3 Å². The number of benzene rings is 1. The van der Waals surface area contributed by atoms with Crippen LogP contribution < -0.4 is 5.32 Å². The van der Waals surface area contributed by atoms with Crippen LogP contribution in [0.15, 0.2) is 24.3 Å². The standard InChI is InChI=1S/C19H32N2/c1-16(2)11-13-21(19-9-4-5-10-19)14-12-20-18-8-6-7-17(3)15-18/h6-8,15-16,19-20H,4-5,9-14H2,1-3H3. The molecular weight excluding hydrogens is 256 g/mol. The molecule has 0 radical (unpaired) electrons. The lowest BCUT2D eigenvalue weighted by Gasteiger charge is -2.29. The Labute approximate surface area is 130 Å². The van der Waals surface area contributed by atoms with E-state index in [-0.39, 0.29) is 0 Å². The summed E-state index contributed by atoms with van der Waals surface area (Å²) in [6, 6.07) is 9.52. The van der Waals surface area contributed by atoms with Gasteiger partial charge in [-0.1, -0.05) is 38.8 Å². The second-order valence-corrected chi connectivity index (χ2v) is 6.95. The summed E-state index contributed by atoms with van der Waals surface area (Å²) in [7, 11) is 0. The topological polar surface area (TPSA) is 15.3 Å². The predicted molar refractivity (Wildman–Crippen MR) is 93.0 cm³/mol. The summed E-state index contributed by atoms with van der Waals surface area (Å²) in [6.07, 6.45) is 6.98. The fourth-order valence-electron chi connectivity index (χ4n) is 3.27. The van der Waals surface area contributed by atoms with E-state index in [4.69, 9.17) is 0 Å². The van der Waals surface area contributed by atoms with Gasteiger partial charge in [0, 0.05) is 24.8 Å². The molecule has 1 saturated carbocycles. The Balaban J connectivity index is 1.80. The van der Waals surface area contributed by atoms with Gasteiger partial charge in [-0.15, -0.1) is 0 Å². The van der Waals surface area contributed by atoms with E-state index in [1.807, 2.05) is 0 Å². The minimum absolute atomic E-state index is 0.804. The Morgan fingerprint density at radius 1 is 1.19 bits per heavy atom. The number of hydrogen-bond acceptors (Lipinski definition) is 2. The molecule has 1 fully saturated rings. The molecular formula is C19H32N2. The third kappa shape index (κ3) is 5.70. The van der Waals surface area contributed by atoms with Crippen LogP contribution in [0, 0.1) is 12.8 Å². The quantitative estimate of drug-likeness (QED) is 0.746. The van der Waals surface area contributed by atoms with Crippen LogP contribution in [-0.4, -0.2) is 30.6 Å². The first kappa shape index (κ1) is 16.4. The van der Waals surface area contributed by atoms with Gasteiger partial charge >= 0.3 is 0 Å². The number of rotatable bonds is 8. The largest absolute Gasteiger partial charge is 0.384 e. The maximum Gasteiger partial charge on any atom is 0.0343 e. The third-order valence-corrected chi connectivity index (χ3v) is 4.58. The zero-order valence-electron chi connectivity index (χ0n) is 14.1. The zero-order chi connectivity index (χ0) is 15.1. The zero-order valence-corrected chi connectivity index (χ0v) is 14.1. The smallest absolute Gasteiger partial charge is 0.0343 e. The van der Waals surface area contributed by atoms with Crippen molar-refractivity contribution in [1.29, 1.82) is 0 Å². The van der Waals surface area contributed by atoms with Crippen molar-refractivity contribution in [2.24, 2.45) is 5.92 Å². The van der Waals surface area contributed by atoms with Crippen LogP contribution in [0.25, 0.3) is 0 Å². The van der Waals surface area contributed by atoms with Gasteiger partial charge in [-0.25, -0.2) is 0 Å². The third-order valence-electron chi connectivity index (χ3n) is 4.58. The minimum atomic E-state index is 0.804. The van der Waals surface area contributed by atoms with Crippen molar-refractivity contribution in [2.75, 3.05) is 25.0 Å². The van der Waals surface area contributed by atoms with E-state index in [1.165, 1.54) is 56.4 Å². The van der Waals surface area contributed by atoms with Gasteiger partial charge in [0.15, 0.2) is 0 Å². The highest BCUT2D eigenvalue weighted by Crippen LogP contribution is 2.24. The molecule has 1 aliphatic carbocycles. The summed E-state index contributed by atoms with van der Waals surface area (Å²) in [5.41, 5.74) is 2.58. The molecule has 21 heavy (non-hydrogen) atoms. The van der Waals surface area contributed by atoms with E-state index in [0.717, 1.165) is 18.5 Å². The van der Waals surface area contributed by atoms with Crippen molar-refractivity contribution in [3.63, 3.8) is 0 Å². The van der Waals surface area contributed by atoms with Crippen LogP contribution in [0.4, 0.5) is 5.69 Å². The van der Waals surface area contributed by atoms with Gasteiger partial charge in [0.05, 0.1) is 0 Å². The summed E-state index contributed by atoms with van der Waals surface area (Å²) in [6.45, 7) is 10.3. The van der Waals surface area contributed by atoms with E-state index in [2.05, 4.69) is 55.3 Å². The lowest BCUT2D eigenvalue weighted by atomic mass is 10.1. The van der Waals surface area contributed by atoms with Crippen LogP contribution in [-0.2, 0) is 0 Å². The van der Waals surface area contributed by atoms with Crippen molar-refractivity contribution >= 4 is 5.69 Å². The van der Waals surface area contributed by atoms with Crippen molar-refractivity contribution in [2.45, 2.75) is 58.9 Å². The molecule has 0 heterocycles. The second-order valence-electron chi connectivity index (χ2n) is 6.95. The maximum absolute atomic E-state index is 3.59. The summed E-state index contributed by atoms with van der Waals surface area (Å²) in [5, 5.41) is 3.59. The highest BCUT2D eigenvalue weighted by atomic mass is 15.2. The Morgan fingerprint density at radius 2 is 1.95 bits per heavy atom. The minimum Gasteiger partial charge on any atom is -0.384 e. The first-order chi connectivity index (χ1) is 10.1. The van der Waals surface area contributed by atoms with Gasteiger partial charge in [-0.3, -0.25) is 4.90 Å². The summed E-state index contributed by atoms with van der Waals surface area (Å²) < 4.78 is 0. The number of nitrogens with one attached hydrogen (secondary N) is 1. The molecule has 1 aliphatic rings. The molecule has 118 valence electrons. The molecule has 0 aromatic heterocycles. The van der Waals surface area contributed by atoms with E-state index in [9.17, 15) is 0 Å². The first-order valence-electron chi connectivity index (χ1n) is 8.70. The SMILES string of the molecule is Cc1cccc(NCCN(CCC(C)C)C2CCCC2)c1. The van der Waals surface area contributed by atoms with Crippen LogP contribution in [0.5, 0.6) is 0 Å². The molecule has 1 aromatic rings. The van der Waals surface area contributed by atoms with E-state index >= 15 is 0 Å². The van der Waals surface area contributed by atoms with Crippen molar-refractivity contribution < 1.29 is 0 Å². The van der Waals surface area contributed by atoms with Gasteiger partial charge < -0.3 is 5.32 Å². The van der Waals surface area contributed by atoms with Crippen molar-refractivity contribution in [1.82, 2.24) is 4.90 Å². The maximum atomic E-state index is 3.59. The van der Waals surface area contributed by atoms with Crippen molar-refractivity contribution in [3.8, 4) is 0 Å². The van der Waals surface area contributed by atoms with Crippen LogP contribution in [0.1, 0.15) is 51.5 Å². The molecule has 1 N–H and O–H groups in total. The van der Waals surface area contributed by atoms with Crippen LogP contribution in [0.2, 0.25) is 0 Å². The van der Waals surface area contributed by atoms with E-state index in [0.29, 0.717) is 0 Å². The van der Waals surface area contributed by atoms with Gasteiger partial charge in [-0.2, -0.15) is 0 Å². The summed E-state index contributed by atoms with van der Waals surface area (Å²) >= 11 is 0. The predicted octanol–water partition coefficient (Wildman–Crippen LogP) is 4.70. The van der Waals surface area contributed by atoms with Gasteiger partial charge in [0.2, 0.25) is 0 Å². The average Bonchev–Trinajstić information content (AvgIpc) is 2.96. The monoisotopic (exact) mass is 288 g/mol.